The fraction of sp³-hybridized carbons (Fsp3) is 0.182. The molecule has 3 aromatic rings. The summed E-state index contributed by atoms with van der Waals surface area (Å²) in [5.41, 5.74) is 5.44. The van der Waals surface area contributed by atoms with E-state index in [1.807, 2.05) is 50.2 Å². The monoisotopic (exact) mass is 345 g/mol. The van der Waals surface area contributed by atoms with Crippen molar-refractivity contribution < 1.29 is 4.79 Å². The molecule has 2 aromatic carbocycles. The Bertz CT molecular complexity index is 886. The highest BCUT2D eigenvalue weighted by atomic mass is 16.1. The van der Waals surface area contributed by atoms with E-state index in [0.717, 1.165) is 22.5 Å². The maximum absolute atomic E-state index is 12.5. The Balaban J connectivity index is 1.73. The van der Waals surface area contributed by atoms with Crippen LogP contribution in [0.1, 0.15) is 40.1 Å². The average Bonchev–Trinajstić information content (AvgIpc) is 2.62. The molecule has 4 nitrogen and oxygen atoms in total. The summed E-state index contributed by atoms with van der Waals surface area (Å²) in [5, 5.41) is 6.34. The predicted octanol–water partition coefficient (Wildman–Crippen LogP) is 5.12. The molecule has 4 heteroatoms. The third-order valence-corrected chi connectivity index (χ3v) is 4.15. The molecular weight excluding hydrogens is 322 g/mol. The summed E-state index contributed by atoms with van der Waals surface area (Å²) in [7, 11) is 0. The first kappa shape index (κ1) is 17.7. The van der Waals surface area contributed by atoms with Crippen LogP contribution in [0.15, 0.2) is 66.9 Å². The maximum Gasteiger partial charge on any atom is 0.274 e. The average molecular weight is 345 g/mol. The zero-order chi connectivity index (χ0) is 18.5. The van der Waals surface area contributed by atoms with Gasteiger partial charge in [0.2, 0.25) is 0 Å². The Morgan fingerprint density at radius 1 is 0.923 bits per heavy atom. The molecule has 1 atom stereocenters. The predicted molar refractivity (Wildman–Crippen MR) is 107 cm³/mol. The molecule has 1 amide bonds. The smallest absolute Gasteiger partial charge is 0.274 e. The third-order valence-electron chi connectivity index (χ3n) is 4.15. The molecule has 0 aliphatic carbocycles. The van der Waals surface area contributed by atoms with Gasteiger partial charge in [0.15, 0.2) is 0 Å². The molecule has 3 rings (SSSR count). The lowest BCUT2D eigenvalue weighted by atomic mass is 10.1. The number of hydrogen-bond donors (Lipinski definition) is 2. The van der Waals surface area contributed by atoms with E-state index >= 15 is 0 Å². The van der Waals surface area contributed by atoms with Crippen LogP contribution in [0.4, 0.5) is 11.4 Å². The fourth-order valence-corrected chi connectivity index (χ4v) is 2.96. The topological polar surface area (TPSA) is 54.0 Å². The van der Waals surface area contributed by atoms with Crippen LogP contribution in [0.3, 0.4) is 0 Å². The van der Waals surface area contributed by atoms with E-state index in [0.29, 0.717) is 5.69 Å². The summed E-state index contributed by atoms with van der Waals surface area (Å²) >= 11 is 0. The van der Waals surface area contributed by atoms with Crippen molar-refractivity contribution in [3.8, 4) is 0 Å². The SMILES string of the molecule is Cc1cc(C)cc(NC(=O)c2cc(NC(C)c3ccccc3)ccn2)c1. The van der Waals surface area contributed by atoms with Crippen molar-refractivity contribution in [2.75, 3.05) is 10.6 Å². The Labute approximate surface area is 154 Å². The van der Waals surface area contributed by atoms with E-state index in [-0.39, 0.29) is 11.9 Å². The van der Waals surface area contributed by atoms with E-state index in [1.54, 1.807) is 12.3 Å². The van der Waals surface area contributed by atoms with Crippen LogP contribution in [-0.4, -0.2) is 10.9 Å². The highest BCUT2D eigenvalue weighted by molar-refractivity contribution is 6.03. The van der Waals surface area contributed by atoms with Gasteiger partial charge in [0.1, 0.15) is 5.69 Å². The van der Waals surface area contributed by atoms with Crippen LogP contribution in [0, 0.1) is 13.8 Å². The minimum Gasteiger partial charge on any atom is -0.378 e. The summed E-state index contributed by atoms with van der Waals surface area (Å²) in [6.45, 7) is 6.11. The van der Waals surface area contributed by atoms with Crippen molar-refractivity contribution >= 4 is 17.3 Å². The van der Waals surface area contributed by atoms with Crippen LogP contribution >= 0.6 is 0 Å². The van der Waals surface area contributed by atoms with Crippen molar-refractivity contribution in [3.05, 3.63) is 89.2 Å². The van der Waals surface area contributed by atoms with Gasteiger partial charge in [0, 0.05) is 23.6 Å². The summed E-state index contributed by atoms with van der Waals surface area (Å²) in [4.78, 5) is 16.8. The first-order chi connectivity index (χ1) is 12.5. The number of hydrogen-bond acceptors (Lipinski definition) is 3. The molecule has 0 spiro atoms. The quantitative estimate of drug-likeness (QED) is 0.674. The van der Waals surface area contributed by atoms with Gasteiger partial charge in [-0.2, -0.15) is 0 Å². The minimum absolute atomic E-state index is 0.133. The van der Waals surface area contributed by atoms with Gasteiger partial charge in [-0.15, -0.1) is 0 Å². The standard InChI is InChI=1S/C22H23N3O/c1-15-11-16(2)13-20(12-15)25-22(26)21-14-19(9-10-23-21)24-17(3)18-7-5-4-6-8-18/h4-14,17H,1-3H3,(H,23,24)(H,25,26). The number of amides is 1. The second-order valence-electron chi connectivity index (χ2n) is 6.54. The fourth-order valence-electron chi connectivity index (χ4n) is 2.96. The molecule has 0 saturated carbocycles. The Morgan fingerprint density at radius 3 is 2.31 bits per heavy atom. The van der Waals surface area contributed by atoms with Crippen LogP contribution in [0.5, 0.6) is 0 Å². The van der Waals surface area contributed by atoms with Crippen LogP contribution in [0.2, 0.25) is 0 Å². The van der Waals surface area contributed by atoms with Crippen LogP contribution in [0.25, 0.3) is 0 Å². The molecule has 0 saturated heterocycles. The van der Waals surface area contributed by atoms with Crippen LogP contribution < -0.4 is 10.6 Å². The minimum atomic E-state index is -0.217. The lowest BCUT2D eigenvalue weighted by Gasteiger charge is -2.16. The van der Waals surface area contributed by atoms with Crippen molar-refractivity contribution in [1.82, 2.24) is 4.98 Å². The van der Waals surface area contributed by atoms with Gasteiger partial charge in [-0.1, -0.05) is 36.4 Å². The molecule has 0 radical (unpaired) electrons. The van der Waals surface area contributed by atoms with E-state index in [4.69, 9.17) is 0 Å². The number of aryl methyl sites for hydroxylation is 2. The molecule has 1 heterocycles. The molecule has 26 heavy (non-hydrogen) atoms. The molecule has 0 fully saturated rings. The number of carbonyl (C=O) groups is 1. The van der Waals surface area contributed by atoms with Gasteiger partial charge in [-0.3, -0.25) is 9.78 Å². The lowest BCUT2D eigenvalue weighted by Crippen LogP contribution is -2.15. The molecule has 1 unspecified atom stereocenters. The number of rotatable bonds is 5. The highest BCUT2D eigenvalue weighted by Crippen LogP contribution is 2.20. The van der Waals surface area contributed by atoms with E-state index in [9.17, 15) is 4.79 Å². The highest BCUT2D eigenvalue weighted by Gasteiger charge is 2.11. The Kier molecular flexibility index (Phi) is 5.32. The zero-order valence-corrected chi connectivity index (χ0v) is 15.3. The largest absolute Gasteiger partial charge is 0.378 e. The Hall–Kier alpha value is -3.14. The zero-order valence-electron chi connectivity index (χ0n) is 15.3. The molecule has 2 N–H and O–H groups in total. The number of carbonyl (C=O) groups excluding carboxylic acids is 1. The number of nitrogens with one attached hydrogen (secondary N) is 2. The van der Waals surface area contributed by atoms with Crippen LogP contribution in [-0.2, 0) is 0 Å². The number of aromatic nitrogens is 1. The molecule has 0 bridgehead atoms. The third kappa shape index (κ3) is 4.48. The van der Waals surface area contributed by atoms with E-state index in [2.05, 4.69) is 40.7 Å². The normalized spacial score (nSPS) is 11.7. The molecule has 0 aliphatic rings. The lowest BCUT2D eigenvalue weighted by molar-refractivity contribution is 0.102. The van der Waals surface area contributed by atoms with Gasteiger partial charge >= 0.3 is 0 Å². The summed E-state index contributed by atoms with van der Waals surface area (Å²) < 4.78 is 0. The van der Waals surface area contributed by atoms with Gasteiger partial charge in [-0.25, -0.2) is 0 Å². The summed E-state index contributed by atoms with van der Waals surface area (Å²) in [6, 6.07) is 19.9. The molecular formula is C22H23N3O. The second kappa shape index (κ2) is 7.83. The first-order valence-corrected chi connectivity index (χ1v) is 8.68. The van der Waals surface area contributed by atoms with E-state index in [1.165, 1.54) is 5.56 Å². The number of pyridine rings is 1. The van der Waals surface area contributed by atoms with Crippen molar-refractivity contribution in [2.45, 2.75) is 26.8 Å². The first-order valence-electron chi connectivity index (χ1n) is 8.68. The van der Waals surface area contributed by atoms with Gasteiger partial charge in [0.25, 0.3) is 5.91 Å². The second-order valence-corrected chi connectivity index (χ2v) is 6.54. The number of nitrogens with zero attached hydrogens (tertiary/aromatic N) is 1. The molecule has 132 valence electrons. The summed E-state index contributed by atoms with van der Waals surface area (Å²) in [6.07, 6.45) is 1.65. The molecule has 1 aromatic heterocycles. The van der Waals surface area contributed by atoms with Gasteiger partial charge in [-0.05, 0) is 61.7 Å². The summed E-state index contributed by atoms with van der Waals surface area (Å²) in [5.74, 6) is -0.217. The molecule has 0 aliphatic heterocycles. The number of anilines is 2. The van der Waals surface area contributed by atoms with Gasteiger partial charge in [0.05, 0.1) is 0 Å². The van der Waals surface area contributed by atoms with Crippen molar-refractivity contribution in [3.63, 3.8) is 0 Å². The van der Waals surface area contributed by atoms with Crippen molar-refractivity contribution in [1.29, 1.82) is 0 Å². The maximum atomic E-state index is 12.5. The van der Waals surface area contributed by atoms with E-state index < -0.39 is 0 Å². The van der Waals surface area contributed by atoms with Crippen molar-refractivity contribution in [2.24, 2.45) is 0 Å². The van der Waals surface area contributed by atoms with Gasteiger partial charge < -0.3 is 10.6 Å². The Morgan fingerprint density at radius 2 is 1.62 bits per heavy atom. The number of benzene rings is 2.